The molecule has 5 rings (SSSR count). The first kappa shape index (κ1) is 15.4. The van der Waals surface area contributed by atoms with Gasteiger partial charge < -0.3 is 4.98 Å². The summed E-state index contributed by atoms with van der Waals surface area (Å²) in [5.41, 5.74) is 2.10. The summed E-state index contributed by atoms with van der Waals surface area (Å²) in [5, 5.41) is 12.4. The van der Waals surface area contributed by atoms with Crippen LogP contribution in [0, 0.1) is 27.9 Å². The van der Waals surface area contributed by atoms with Crippen LogP contribution in [0.1, 0.15) is 31.4 Å². The quantitative estimate of drug-likeness (QED) is 0.656. The lowest BCUT2D eigenvalue weighted by Crippen LogP contribution is -2.37. The third-order valence-corrected chi connectivity index (χ3v) is 7.90. The number of aromatic amines is 1. The van der Waals surface area contributed by atoms with E-state index in [0.29, 0.717) is 12.2 Å². The molecule has 2 aliphatic carbocycles. The highest BCUT2D eigenvalue weighted by Crippen LogP contribution is 2.63. The molecule has 3 aliphatic rings. The number of carbonyl (C=O) groups is 1. The van der Waals surface area contributed by atoms with Gasteiger partial charge in [0, 0.05) is 50.1 Å². The molecule has 0 amide bonds. The molecule has 0 bridgehead atoms. The van der Waals surface area contributed by atoms with E-state index in [1.165, 1.54) is 16.0 Å². The van der Waals surface area contributed by atoms with E-state index in [1.54, 1.807) is 0 Å². The number of H-pyrrole nitrogens is 1. The van der Waals surface area contributed by atoms with Crippen LogP contribution >= 0.6 is 11.8 Å². The van der Waals surface area contributed by atoms with E-state index in [9.17, 15) is 14.9 Å². The highest BCUT2D eigenvalue weighted by atomic mass is 32.2. The summed E-state index contributed by atoms with van der Waals surface area (Å²) < 4.78 is 0. The topological polar surface area (TPSA) is 76.0 Å². The third kappa shape index (κ3) is 2.00. The Balaban J connectivity index is 1.72. The molecule has 6 heteroatoms. The van der Waals surface area contributed by atoms with Crippen LogP contribution in [0.4, 0.5) is 0 Å². The van der Waals surface area contributed by atoms with Gasteiger partial charge in [-0.3, -0.25) is 14.9 Å². The number of hydrogen-bond acceptors (Lipinski definition) is 4. The lowest BCUT2D eigenvalue weighted by atomic mass is 9.69. The number of aromatic nitrogens is 1. The molecule has 1 aliphatic heterocycles. The van der Waals surface area contributed by atoms with E-state index in [1.807, 2.05) is 17.8 Å². The molecular weight excluding hydrogens is 336 g/mol. The molecular formula is C19H20N2O3S. The van der Waals surface area contributed by atoms with Crippen LogP contribution < -0.4 is 0 Å². The van der Waals surface area contributed by atoms with Crippen LogP contribution in [0.25, 0.3) is 10.9 Å². The van der Waals surface area contributed by atoms with Crippen LogP contribution in [0.3, 0.4) is 0 Å². The second-order valence-electron chi connectivity index (χ2n) is 7.70. The van der Waals surface area contributed by atoms with E-state index in [-0.39, 0.29) is 34.6 Å². The van der Waals surface area contributed by atoms with E-state index in [4.69, 9.17) is 0 Å². The molecule has 1 spiro atoms. The van der Waals surface area contributed by atoms with Gasteiger partial charge in [0.1, 0.15) is 5.78 Å². The van der Waals surface area contributed by atoms with Crippen molar-refractivity contribution in [2.75, 3.05) is 12.3 Å². The van der Waals surface area contributed by atoms with Gasteiger partial charge in [-0.15, -0.1) is 11.8 Å². The summed E-state index contributed by atoms with van der Waals surface area (Å²) in [5.74, 6) is 1.42. The minimum absolute atomic E-state index is 0.00484. The van der Waals surface area contributed by atoms with Crippen molar-refractivity contribution in [2.24, 2.45) is 17.8 Å². The molecule has 5 nitrogen and oxygen atoms in total. The molecule has 0 radical (unpaired) electrons. The summed E-state index contributed by atoms with van der Waals surface area (Å²) in [6, 6.07) is 8.31. The average Bonchev–Trinajstić information content (AvgIpc) is 3.16. The Labute approximate surface area is 149 Å². The van der Waals surface area contributed by atoms with Crippen LogP contribution in [0.15, 0.2) is 29.2 Å². The number of para-hydroxylation sites is 1. The molecule has 4 atom stereocenters. The Bertz CT molecular complexity index is 892. The molecule has 1 N–H and O–H groups in total. The fourth-order valence-electron chi connectivity index (χ4n) is 5.85. The van der Waals surface area contributed by atoms with Gasteiger partial charge in [0.05, 0.1) is 0 Å². The van der Waals surface area contributed by atoms with Gasteiger partial charge in [-0.1, -0.05) is 18.2 Å². The maximum atomic E-state index is 12.8. The Hall–Kier alpha value is -1.82. The van der Waals surface area contributed by atoms with Crippen molar-refractivity contribution in [1.82, 2.24) is 4.98 Å². The van der Waals surface area contributed by atoms with Crippen molar-refractivity contribution < 1.29 is 9.72 Å². The minimum atomic E-state index is -0.213. The predicted molar refractivity (Wildman–Crippen MR) is 96.5 cm³/mol. The first-order chi connectivity index (χ1) is 12.1. The zero-order valence-electron chi connectivity index (χ0n) is 13.9. The maximum Gasteiger partial charge on any atom is 0.206 e. The van der Waals surface area contributed by atoms with Gasteiger partial charge in [0.25, 0.3) is 0 Å². The van der Waals surface area contributed by atoms with Crippen molar-refractivity contribution in [3.8, 4) is 0 Å². The van der Waals surface area contributed by atoms with Crippen LogP contribution in [-0.4, -0.2) is 28.0 Å². The molecule has 25 heavy (non-hydrogen) atoms. The number of nitro groups is 1. The van der Waals surface area contributed by atoms with Crippen molar-refractivity contribution in [1.29, 1.82) is 0 Å². The zero-order valence-corrected chi connectivity index (χ0v) is 14.7. The number of ketones is 1. The molecule has 2 fully saturated rings. The normalized spacial score (nSPS) is 33.8. The summed E-state index contributed by atoms with van der Waals surface area (Å²) >= 11 is 1.85. The summed E-state index contributed by atoms with van der Waals surface area (Å²) in [4.78, 5) is 28.7. The number of thioether (sulfide) groups is 1. The van der Waals surface area contributed by atoms with Crippen LogP contribution in [0.5, 0.6) is 0 Å². The third-order valence-electron chi connectivity index (χ3n) is 6.75. The average molecular weight is 356 g/mol. The number of nitrogens with one attached hydrogen (secondary N) is 1. The molecule has 1 unspecified atom stereocenters. The summed E-state index contributed by atoms with van der Waals surface area (Å²) in [6.07, 6.45) is 3.16. The molecule has 0 saturated heterocycles. The lowest BCUT2D eigenvalue weighted by Gasteiger charge is -2.34. The van der Waals surface area contributed by atoms with Crippen molar-refractivity contribution in [2.45, 2.75) is 36.0 Å². The number of hydrogen-bond donors (Lipinski definition) is 1. The first-order valence-electron chi connectivity index (χ1n) is 9.00. The van der Waals surface area contributed by atoms with Gasteiger partial charge in [-0.25, -0.2) is 0 Å². The van der Waals surface area contributed by atoms with Crippen molar-refractivity contribution >= 4 is 28.4 Å². The number of benzene rings is 1. The van der Waals surface area contributed by atoms with Gasteiger partial charge in [0.15, 0.2) is 0 Å². The van der Waals surface area contributed by atoms with Crippen LogP contribution in [0.2, 0.25) is 0 Å². The fraction of sp³-hybridized carbons (Fsp3) is 0.526. The molecule has 2 heterocycles. The molecule has 2 saturated carbocycles. The van der Waals surface area contributed by atoms with Gasteiger partial charge in [-0.05, 0) is 37.0 Å². The Kier molecular flexibility index (Phi) is 3.29. The van der Waals surface area contributed by atoms with Crippen molar-refractivity contribution in [3.05, 3.63) is 40.1 Å². The summed E-state index contributed by atoms with van der Waals surface area (Å²) in [6.45, 7) is -0.00484. The molecule has 2 aromatic rings. The van der Waals surface area contributed by atoms with Gasteiger partial charge in [0.2, 0.25) is 6.54 Å². The monoisotopic (exact) mass is 356 g/mol. The number of Topliss-reactive ketones (excluding diaryl/α,β-unsaturated/α-hetero) is 1. The fourth-order valence-corrected chi connectivity index (χ4v) is 7.12. The molecule has 1 aromatic carbocycles. The highest BCUT2D eigenvalue weighted by molar-refractivity contribution is 7.99. The highest BCUT2D eigenvalue weighted by Gasteiger charge is 2.63. The van der Waals surface area contributed by atoms with E-state index in [2.05, 4.69) is 23.2 Å². The van der Waals surface area contributed by atoms with E-state index in [0.717, 1.165) is 30.5 Å². The van der Waals surface area contributed by atoms with Gasteiger partial charge in [-0.2, -0.15) is 0 Å². The Morgan fingerprint density at radius 3 is 3.00 bits per heavy atom. The number of fused-ring (bicyclic) bond motifs is 3. The number of rotatable bonds is 2. The minimum Gasteiger partial charge on any atom is -0.357 e. The zero-order chi connectivity index (χ0) is 17.2. The van der Waals surface area contributed by atoms with E-state index >= 15 is 0 Å². The SMILES string of the molecule is O=C1C[C@H]2[C@H](C[N+](=O)[O-])CC[C@]23c2[nH]c4ccccc4c2SCCC13. The van der Waals surface area contributed by atoms with E-state index < -0.39 is 0 Å². The summed E-state index contributed by atoms with van der Waals surface area (Å²) in [7, 11) is 0. The van der Waals surface area contributed by atoms with Crippen molar-refractivity contribution in [3.63, 3.8) is 0 Å². The predicted octanol–water partition coefficient (Wildman–Crippen LogP) is 3.79. The lowest BCUT2D eigenvalue weighted by molar-refractivity contribution is -0.489. The smallest absolute Gasteiger partial charge is 0.206 e. The largest absolute Gasteiger partial charge is 0.357 e. The maximum absolute atomic E-state index is 12.8. The second kappa shape index (κ2) is 5.34. The number of nitrogens with zero attached hydrogens (tertiary/aromatic N) is 1. The standard InChI is InChI=1S/C19H20N2O3S/c22-16-9-14-11(10-21(23)24)5-7-19(14)13(16)6-8-25-17-12-3-1-2-4-15(12)20-18(17)19/h1-4,11,13-14,20H,5-10H2/t11-,13?,14-,19+/m0/s1. The Morgan fingerprint density at radius 2 is 2.16 bits per heavy atom. The van der Waals surface area contributed by atoms with Crippen LogP contribution in [-0.2, 0) is 10.2 Å². The molecule has 130 valence electrons. The second-order valence-corrected chi connectivity index (χ2v) is 8.80. The number of carbonyl (C=O) groups excluding carboxylic acids is 1. The Morgan fingerprint density at radius 1 is 1.32 bits per heavy atom. The first-order valence-corrected chi connectivity index (χ1v) is 9.98. The molecule has 1 aromatic heterocycles. The van der Waals surface area contributed by atoms with Gasteiger partial charge >= 0.3 is 0 Å².